The summed E-state index contributed by atoms with van der Waals surface area (Å²) in [4.78, 5) is -0.178. The largest absolute Gasteiger partial charge is 0.744 e. The monoisotopic (exact) mass is 464 g/mol. The van der Waals surface area contributed by atoms with Crippen LogP contribution in [0.1, 0.15) is 29.7 Å². The number of ether oxygens (including phenoxy) is 1. The molecule has 0 fully saturated rings. The molecule has 2 aromatic rings. The third-order valence-electron chi connectivity index (χ3n) is 3.41. The van der Waals surface area contributed by atoms with Crippen molar-refractivity contribution >= 4 is 10.1 Å². The highest BCUT2D eigenvalue weighted by molar-refractivity contribution is 7.85. The van der Waals surface area contributed by atoms with Crippen molar-refractivity contribution in [1.82, 2.24) is 0 Å². The van der Waals surface area contributed by atoms with E-state index in [2.05, 4.69) is 0 Å². The number of halogens is 1. The fourth-order valence-electron chi connectivity index (χ4n) is 1.93. The summed E-state index contributed by atoms with van der Waals surface area (Å²) in [6.07, 6.45) is 0.0711. The predicted molar refractivity (Wildman–Crippen MR) is 86.7 cm³/mol. The predicted octanol–water partition coefficient (Wildman–Crippen LogP) is -0.233. The van der Waals surface area contributed by atoms with Gasteiger partial charge in [0.2, 0.25) is 3.57 Å². The van der Waals surface area contributed by atoms with Gasteiger partial charge in [-0.1, -0.05) is 35.9 Å². The molecule has 1 N–H and O–H groups in total. The summed E-state index contributed by atoms with van der Waals surface area (Å²) in [5, 5.41) is 0. The molecule has 7 heteroatoms. The van der Waals surface area contributed by atoms with Crippen LogP contribution >= 0.6 is 0 Å². The number of methoxy groups -OCH3 is 1. The van der Waals surface area contributed by atoms with Crippen molar-refractivity contribution in [2.45, 2.75) is 31.8 Å². The van der Waals surface area contributed by atoms with E-state index in [-0.39, 0.29) is 11.0 Å². The molecular weight excluding hydrogens is 443 g/mol. The summed E-state index contributed by atoms with van der Waals surface area (Å²) < 4.78 is 46.8. The smallest absolute Gasteiger partial charge is 0.519 e. The molecule has 0 spiro atoms. The quantitative estimate of drug-likeness (QED) is 0.499. The van der Waals surface area contributed by atoms with E-state index in [0.29, 0.717) is 0 Å². The molecule has 0 heterocycles. The topological polar surface area (TPSA) is 86.7 Å². The van der Waals surface area contributed by atoms with Gasteiger partial charge in [0, 0.05) is 18.2 Å². The molecule has 0 aliphatic rings. The lowest BCUT2D eigenvalue weighted by molar-refractivity contribution is -0.867. The minimum Gasteiger partial charge on any atom is -0.744 e. The first-order valence-electron chi connectivity index (χ1n) is 7.14. The first kappa shape index (κ1) is 21.0. The Labute approximate surface area is 154 Å². The minimum absolute atomic E-state index is 0.0711. The Bertz CT molecular complexity index is 757. The lowest BCUT2D eigenvalue weighted by Crippen LogP contribution is -3.61. The van der Waals surface area contributed by atoms with Gasteiger partial charge in [-0.05, 0) is 32.9 Å². The molecule has 5 nitrogen and oxygen atoms in total. The molecular formula is C17H21IO5S. The van der Waals surface area contributed by atoms with Crippen LogP contribution in [0.2, 0.25) is 0 Å². The number of benzene rings is 2. The van der Waals surface area contributed by atoms with E-state index in [1.807, 2.05) is 39.0 Å². The van der Waals surface area contributed by atoms with Crippen molar-refractivity contribution < 1.29 is 42.8 Å². The molecule has 0 aromatic heterocycles. The minimum atomic E-state index is -4.27. The van der Waals surface area contributed by atoms with Crippen LogP contribution in [0.4, 0.5) is 0 Å². The van der Waals surface area contributed by atoms with Crippen LogP contribution in [0, 0.1) is 17.4 Å². The third kappa shape index (κ3) is 6.14. The molecule has 0 unspecified atom stereocenters. The Morgan fingerprint density at radius 2 is 1.71 bits per heavy atom. The van der Waals surface area contributed by atoms with Crippen LogP contribution in [0.25, 0.3) is 0 Å². The van der Waals surface area contributed by atoms with Gasteiger partial charge in [-0.15, -0.1) is 0 Å². The number of rotatable bonds is 4. The van der Waals surface area contributed by atoms with Crippen LogP contribution in [-0.2, 0) is 14.9 Å². The second-order valence-corrected chi connectivity index (χ2v) is 8.15. The highest BCUT2D eigenvalue weighted by Crippen LogP contribution is 2.16. The zero-order valence-electron chi connectivity index (χ0n) is 14.0. The molecule has 2 rings (SSSR count). The summed E-state index contributed by atoms with van der Waals surface area (Å²) >= 11 is -0.854. The standard InChI is InChI=1S/C10H14IO2.C7H8O3S/c1-7-5-4-6-9(8(2)13-3)10(7)11-12;1-6-2-4-7(5-3-6)11(8,9)10/h4-6,8,12H,1-3H3;2-5H,1H3,(H,8,9,10)/q+1;/p-1/t8-;/m0./s1. The average Bonchev–Trinajstić information content (AvgIpc) is 2.54. The maximum absolute atomic E-state index is 10.4. The van der Waals surface area contributed by atoms with Gasteiger partial charge in [0.25, 0.3) is 0 Å². The summed E-state index contributed by atoms with van der Waals surface area (Å²) in [5.41, 5.74) is 3.21. The van der Waals surface area contributed by atoms with Gasteiger partial charge < -0.3 is 9.29 Å². The second-order valence-electron chi connectivity index (χ2n) is 5.21. The van der Waals surface area contributed by atoms with Crippen molar-refractivity contribution in [3.05, 3.63) is 62.7 Å². The summed E-state index contributed by atoms with van der Waals surface area (Å²) in [6, 6.07) is 11.8. The lowest BCUT2D eigenvalue weighted by Gasteiger charge is -2.09. The molecule has 1 atom stereocenters. The summed E-state index contributed by atoms with van der Waals surface area (Å²) in [6.45, 7) is 5.84. The Balaban J connectivity index is 0.000000243. The van der Waals surface area contributed by atoms with Gasteiger partial charge in [-0.25, -0.2) is 8.42 Å². The SMILES string of the molecule is CO[C@@H](C)c1cccc(C)c1[I+]O.Cc1ccc(S(=O)(=O)[O-])cc1. The lowest BCUT2D eigenvalue weighted by atomic mass is 10.1. The van der Waals surface area contributed by atoms with E-state index in [9.17, 15) is 16.4 Å². The van der Waals surface area contributed by atoms with Crippen LogP contribution in [-0.4, -0.2) is 23.5 Å². The van der Waals surface area contributed by atoms with Crippen molar-refractivity contribution in [2.75, 3.05) is 7.11 Å². The molecule has 0 amide bonds. The number of hydrogen-bond acceptors (Lipinski definition) is 5. The van der Waals surface area contributed by atoms with Crippen molar-refractivity contribution in [2.24, 2.45) is 0 Å². The molecule has 0 saturated carbocycles. The van der Waals surface area contributed by atoms with Crippen LogP contribution in [0.5, 0.6) is 0 Å². The zero-order valence-corrected chi connectivity index (χ0v) is 17.0. The van der Waals surface area contributed by atoms with Crippen LogP contribution in [0.3, 0.4) is 0 Å². The highest BCUT2D eigenvalue weighted by atomic mass is 127. The Morgan fingerprint density at radius 1 is 1.12 bits per heavy atom. The molecule has 0 aliphatic carbocycles. The molecule has 132 valence electrons. The average molecular weight is 464 g/mol. The van der Waals surface area contributed by atoms with Crippen molar-refractivity contribution in [3.63, 3.8) is 0 Å². The van der Waals surface area contributed by atoms with Gasteiger partial charge in [-0.3, -0.25) is 0 Å². The third-order valence-corrected chi connectivity index (χ3v) is 6.21. The second kappa shape index (κ2) is 9.47. The van der Waals surface area contributed by atoms with Gasteiger partial charge in [0.15, 0.2) is 0 Å². The molecule has 24 heavy (non-hydrogen) atoms. The first-order valence-corrected chi connectivity index (χ1v) is 10.6. The Kier molecular flexibility index (Phi) is 8.31. The zero-order chi connectivity index (χ0) is 18.3. The van der Waals surface area contributed by atoms with Gasteiger partial charge in [-0.2, -0.15) is 3.44 Å². The van der Waals surface area contributed by atoms with E-state index < -0.39 is 31.7 Å². The molecule has 0 bridgehead atoms. The van der Waals surface area contributed by atoms with Crippen molar-refractivity contribution in [1.29, 1.82) is 0 Å². The highest BCUT2D eigenvalue weighted by Gasteiger charge is 2.22. The van der Waals surface area contributed by atoms with E-state index in [0.717, 1.165) is 20.3 Å². The van der Waals surface area contributed by atoms with Crippen LogP contribution in [0.15, 0.2) is 47.4 Å². The van der Waals surface area contributed by atoms with Gasteiger partial charge in [0.1, 0.15) is 10.1 Å². The number of aryl methyl sites for hydroxylation is 2. The van der Waals surface area contributed by atoms with Crippen LogP contribution < -0.4 is 21.6 Å². The maximum Gasteiger partial charge on any atom is 0.519 e. The van der Waals surface area contributed by atoms with Gasteiger partial charge >= 0.3 is 21.6 Å². The summed E-state index contributed by atoms with van der Waals surface area (Å²) in [7, 11) is -2.58. The number of hydrogen-bond donors (Lipinski definition) is 1. The molecule has 0 saturated heterocycles. The normalized spacial score (nSPS) is 12.2. The maximum atomic E-state index is 10.4. The fourth-order valence-corrected chi connectivity index (χ4v) is 3.86. The van der Waals surface area contributed by atoms with E-state index >= 15 is 0 Å². The van der Waals surface area contributed by atoms with Gasteiger partial charge in [0.05, 0.1) is 11.0 Å². The molecule has 0 aliphatic heterocycles. The fraction of sp³-hybridized carbons (Fsp3) is 0.294. The van der Waals surface area contributed by atoms with E-state index in [1.165, 1.54) is 12.1 Å². The van der Waals surface area contributed by atoms with Crippen molar-refractivity contribution in [3.8, 4) is 0 Å². The van der Waals surface area contributed by atoms with E-state index in [4.69, 9.17) is 4.74 Å². The summed E-state index contributed by atoms with van der Waals surface area (Å²) in [5.74, 6) is 0. The molecule has 0 radical (unpaired) electrons. The van der Waals surface area contributed by atoms with E-state index in [1.54, 1.807) is 19.2 Å². The first-order chi connectivity index (χ1) is 11.2. The Morgan fingerprint density at radius 3 is 2.17 bits per heavy atom. The Hall–Kier alpha value is -1.00. The molecule has 2 aromatic carbocycles.